The number of carbonyl (C=O) groups excluding carboxylic acids is 2. The van der Waals surface area contributed by atoms with Crippen molar-refractivity contribution in [2.24, 2.45) is 0 Å². The van der Waals surface area contributed by atoms with E-state index in [1.807, 2.05) is 0 Å². The quantitative estimate of drug-likeness (QED) is 0.690. The molecular formula is C19H24N2O7S. The van der Waals surface area contributed by atoms with Crippen LogP contribution in [-0.2, 0) is 33.8 Å². The third kappa shape index (κ3) is 5.27. The Kier molecular flexibility index (Phi) is 6.75. The fraction of sp³-hybridized carbons (Fsp3) is 0.474. The van der Waals surface area contributed by atoms with E-state index in [1.54, 1.807) is 19.1 Å². The van der Waals surface area contributed by atoms with Crippen LogP contribution in [-0.4, -0.2) is 57.5 Å². The minimum Gasteiger partial charge on any atom is -0.493 e. The molecule has 0 atom stereocenters. The van der Waals surface area contributed by atoms with E-state index in [9.17, 15) is 18.0 Å². The molecule has 1 fully saturated rings. The monoisotopic (exact) mass is 424 g/mol. The van der Waals surface area contributed by atoms with Crippen LogP contribution < -0.4 is 5.32 Å². The number of amides is 1. The number of nitrogens with zero attached hydrogens (tertiary/aromatic N) is 1. The smallest absolute Gasteiger partial charge is 0.377 e. The highest BCUT2D eigenvalue weighted by Crippen LogP contribution is 2.26. The first-order chi connectivity index (χ1) is 13.9. The van der Waals surface area contributed by atoms with Gasteiger partial charge in [-0.3, -0.25) is 4.79 Å². The average molecular weight is 424 g/mol. The molecule has 0 saturated carbocycles. The molecule has 0 unspecified atom stereocenters. The largest absolute Gasteiger partial charge is 0.493 e. The Morgan fingerprint density at radius 1 is 1.17 bits per heavy atom. The normalized spacial score (nSPS) is 17.5. The van der Waals surface area contributed by atoms with E-state index in [4.69, 9.17) is 14.2 Å². The standard InChI is InChI=1S/C19H24N2O7S/c1-14-5-6-15(11-17(14)29(24,25)21-7-3-2-4-8-21)20-18(22)13-28-19(23)16-12-26-9-10-27-16/h5-6,11-12H,2-4,7-10,13H2,1H3,(H,20,22). The minimum absolute atomic E-state index is 0.103. The summed E-state index contributed by atoms with van der Waals surface area (Å²) in [5.41, 5.74) is 0.907. The summed E-state index contributed by atoms with van der Waals surface area (Å²) in [5, 5.41) is 2.55. The summed E-state index contributed by atoms with van der Waals surface area (Å²) in [5.74, 6) is -1.51. The van der Waals surface area contributed by atoms with Crippen molar-refractivity contribution in [3.8, 4) is 0 Å². The van der Waals surface area contributed by atoms with E-state index in [-0.39, 0.29) is 17.3 Å². The summed E-state index contributed by atoms with van der Waals surface area (Å²) in [6.07, 6.45) is 3.84. The van der Waals surface area contributed by atoms with Gasteiger partial charge in [0.2, 0.25) is 15.8 Å². The van der Waals surface area contributed by atoms with Crippen molar-refractivity contribution < 1.29 is 32.2 Å². The van der Waals surface area contributed by atoms with E-state index in [1.165, 1.54) is 10.4 Å². The van der Waals surface area contributed by atoms with Gasteiger partial charge in [0.05, 0.1) is 4.90 Å². The second-order valence-corrected chi connectivity index (χ2v) is 8.68. The van der Waals surface area contributed by atoms with Crippen LogP contribution >= 0.6 is 0 Å². The Morgan fingerprint density at radius 3 is 2.62 bits per heavy atom. The lowest BCUT2D eigenvalue weighted by atomic mass is 10.2. The fourth-order valence-electron chi connectivity index (χ4n) is 3.07. The lowest BCUT2D eigenvalue weighted by molar-refractivity contribution is -0.148. The summed E-state index contributed by atoms with van der Waals surface area (Å²) in [4.78, 5) is 24.1. The van der Waals surface area contributed by atoms with Gasteiger partial charge in [-0.1, -0.05) is 12.5 Å². The number of piperidine rings is 1. The van der Waals surface area contributed by atoms with Crippen molar-refractivity contribution in [1.82, 2.24) is 4.31 Å². The van der Waals surface area contributed by atoms with Crippen molar-refractivity contribution in [1.29, 1.82) is 0 Å². The zero-order valence-corrected chi connectivity index (χ0v) is 17.0. The maximum Gasteiger partial charge on any atom is 0.377 e. The molecule has 1 amide bonds. The first-order valence-electron chi connectivity index (χ1n) is 9.40. The Bertz CT molecular complexity index is 905. The van der Waals surface area contributed by atoms with Gasteiger partial charge in [0.15, 0.2) is 6.61 Å². The van der Waals surface area contributed by atoms with Crippen LogP contribution in [0.1, 0.15) is 24.8 Å². The molecule has 1 aromatic rings. The highest BCUT2D eigenvalue weighted by molar-refractivity contribution is 7.89. The number of ether oxygens (including phenoxy) is 3. The SMILES string of the molecule is Cc1ccc(NC(=O)COC(=O)C2=COCCO2)cc1S(=O)(=O)N1CCCCC1. The number of nitrogens with one attached hydrogen (secondary N) is 1. The van der Waals surface area contributed by atoms with Crippen molar-refractivity contribution in [3.05, 3.63) is 35.8 Å². The van der Waals surface area contributed by atoms with Crippen LogP contribution in [0.2, 0.25) is 0 Å². The molecule has 158 valence electrons. The van der Waals surface area contributed by atoms with Crippen molar-refractivity contribution in [2.45, 2.75) is 31.1 Å². The second kappa shape index (κ2) is 9.27. The molecule has 1 N–H and O–H groups in total. The number of esters is 1. The Morgan fingerprint density at radius 2 is 1.93 bits per heavy atom. The Labute approximate surface area is 169 Å². The number of hydrogen-bond acceptors (Lipinski definition) is 7. The lowest BCUT2D eigenvalue weighted by Gasteiger charge is -2.26. The molecule has 3 rings (SSSR count). The molecule has 1 saturated heterocycles. The van der Waals surface area contributed by atoms with Gasteiger partial charge in [0, 0.05) is 18.8 Å². The third-order valence-corrected chi connectivity index (χ3v) is 6.63. The topological polar surface area (TPSA) is 111 Å². The molecule has 2 aliphatic heterocycles. The van der Waals surface area contributed by atoms with Gasteiger partial charge in [0.1, 0.15) is 19.5 Å². The van der Waals surface area contributed by atoms with Crippen LogP contribution in [0.3, 0.4) is 0 Å². The molecule has 29 heavy (non-hydrogen) atoms. The van der Waals surface area contributed by atoms with Crippen LogP contribution in [0.15, 0.2) is 35.1 Å². The van der Waals surface area contributed by atoms with Gasteiger partial charge < -0.3 is 19.5 Å². The minimum atomic E-state index is -3.63. The number of rotatable bonds is 6. The van der Waals surface area contributed by atoms with Gasteiger partial charge in [0.25, 0.3) is 5.91 Å². The van der Waals surface area contributed by atoms with Gasteiger partial charge in [-0.15, -0.1) is 0 Å². The second-order valence-electron chi connectivity index (χ2n) is 6.77. The summed E-state index contributed by atoms with van der Waals surface area (Å²) in [7, 11) is -3.63. The zero-order chi connectivity index (χ0) is 20.9. The van der Waals surface area contributed by atoms with Crippen molar-refractivity contribution >= 4 is 27.6 Å². The highest BCUT2D eigenvalue weighted by atomic mass is 32.2. The molecule has 2 heterocycles. The van der Waals surface area contributed by atoms with Crippen molar-refractivity contribution in [3.63, 3.8) is 0 Å². The number of sulfonamides is 1. The zero-order valence-electron chi connectivity index (χ0n) is 16.2. The number of benzene rings is 1. The molecule has 2 aliphatic rings. The summed E-state index contributed by atoms with van der Waals surface area (Å²) >= 11 is 0. The first-order valence-corrected chi connectivity index (χ1v) is 10.8. The summed E-state index contributed by atoms with van der Waals surface area (Å²) in [6, 6.07) is 4.67. The van der Waals surface area contributed by atoms with E-state index < -0.39 is 28.5 Å². The number of hydrogen-bond donors (Lipinski definition) is 1. The number of carbonyl (C=O) groups is 2. The number of aryl methyl sites for hydroxylation is 1. The lowest BCUT2D eigenvalue weighted by Crippen LogP contribution is -2.36. The van der Waals surface area contributed by atoms with Crippen LogP contribution in [0, 0.1) is 6.92 Å². The molecule has 0 spiro atoms. The van der Waals surface area contributed by atoms with Gasteiger partial charge in [-0.05, 0) is 37.5 Å². The van der Waals surface area contributed by atoms with E-state index in [0.29, 0.717) is 30.9 Å². The Balaban J connectivity index is 1.64. The van der Waals surface area contributed by atoms with Crippen molar-refractivity contribution in [2.75, 3.05) is 38.2 Å². The fourth-order valence-corrected chi connectivity index (χ4v) is 4.84. The Hall–Kier alpha value is -2.59. The van der Waals surface area contributed by atoms with E-state index >= 15 is 0 Å². The molecule has 10 heteroatoms. The maximum absolute atomic E-state index is 12.9. The molecule has 9 nitrogen and oxygen atoms in total. The highest BCUT2D eigenvalue weighted by Gasteiger charge is 2.27. The molecule has 0 radical (unpaired) electrons. The predicted octanol–water partition coefficient (Wildman–Crippen LogP) is 1.54. The maximum atomic E-state index is 12.9. The molecule has 0 aromatic heterocycles. The van der Waals surface area contributed by atoms with Crippen LogP contribution in [0.25, 0.3) is 0 Å². The summed E-state index contributed by atoms with van der Waals surface area (Å²) < 4.78 is 42.3. The molecule has 0 bridgehead atoms. The first kappa shape index (κ1) is 21.1. The molecule has 0 aliphatic carbocycles. The van der Waals surface area contributed by atoms with Crippen LogP contribution in [0.5, 0.6) is 0 Å². The van der Waals surface area contributed by atoms with Gasteiger partial charge in [-0.25, -0.2) is 13.2 Å². The molecule has 1 aromatic carbocycles. The average Bonchev–Trinajstić information content (AvgIpc) is 2.74. The van der Waals surface area contributed by atoms with E-state index in [0.717, 1.165) is 25.5 Å². The van der Waals surface area contributed by atoms with Gasteiger partial charge in [-0.2, -0.15) is 4.31 Å². The van der Waals surface area contributed by atoms with Crippen LogP contribution in [0.4, 0.5) is 5.69 Å². The van der Waals surface area contributed by atoms with E-state index in [2.05, 4.69) is 5.32 Å². The van der Waals surface area contributed by atoms with Gasteiger partial charge >= 0.3 is 5.97 Å². The summed E-state index contributed by atoms with van der Waals surface area (Å²) in [6.45, 7) is 2.73. The third-order valence-electron chi connectivity index (χ3n) is 4.59. The predicted molar refractivity (Wildman–Crippen MR) is 103 cm³/mol. The number of anilines is 1. The molecular weight excluding hydrogens is 400 g/mol.